The molecule has 1 saturated heterocycles. The van der Waals surface area contributed by atoms with E-state index in [9.17, 15) is 4.79 Å². The maximum absolute atomic E-state index is 12.1. The Morgan fingerprint density at radius 1 is 1.29 bits per heavy atom. The van der Waals surface area contributed by atoms with Crippen molar-refractivity contribution >= 4 is 23.1 Å². The van der Waals surface area contributed by atoms with Gasteiger partial charge in [-0.1, -0.05) is 25.6 Å². The molecule has 1 unspecified atom stereocenters. The van der Waals surface area contributed by atoms with Crippen molar-refractivity contribution in [3.63, 3.8) is 0 Å². The summed E-state index contributed by atoms with van der Waals surface area (Å²) >= 11 is 5.16. The molecule has 0 aromatic carbocycles. The van der Waals surface area contributed by atoms with Crippen LogP contribution in [0.5, 0.6) is 0 Å². The number of thiocarbonyl (C=S) groups is 1. The highest BCUT2D eigenvalue weighted by Crippen LogP contribution is 2.13. The Bertz CT molecular complexity index is 360. The number of nitrogens with two attached hydrogens (primary N) is 1. The molecule has 1 atom stereocenters. The van der Waals surface area contributed by atoms with Crippen LogP contribution in [-0.4, -0.2) is 65.1 Å². The van der Waals surface area contributed by atoms with Gasteiger partial charge < -0.3 is 15.4 Å². The van der Waals surface area contributed by atoms with E-state index in [1.165, 1.54) is 0 Å². The molecular weight excluding hydrogens is 286 g/mol. The average Bonchev–Trinajstić information content (AvgIpc) is 2.41. The van der Waals surface area contributed by atoms with E-state index in [0.717, 1.165) is 39.0 Å². The van der Waals surface area contributed by atoms with E-state index in [1.54, 1.807) is 0 Å². The maximum Gasteiger partial charge on any atom is 0.248 e. The molecule has 122 valence electrons. The predicted octanol–water partition coefficient (Wildman–Crippen LogP) is 1.40. The molecule has 0 aliphatic carbocycles. The molecule has 2 N–H and O–H groups in total. The van der Waals surface area contributed by atoms with E-state index in [2.05, 4.69) is 11.8 Å². The monoisotopic (exact) mass is 315 g/mol. The summed E-state index contributed by atoms with van der Waals surface area (Å²) in [5.41, 5.74) is 5.55. The number of hydrogen-bond donors (Lipinski definition) is 1. The van der Waals surface area contributed by atoms with Gasteiger partial charge in [0.15, 0.2) is 0 Å². The van der Waals surface area contributed by atoms with Gasteiger partial charge in [-0.2, -0.15) is 0 Å². The number of piperazine rings is 1. The highest BCUT2D eigenvalue weighted by molar-refractivity contribution is 7.80. The molecule has 6 heteroatoms. The SMILES string of the molecule is CCCC(C(N)=S)N1CCN(C(=O)COC(C)(C)C)CC1. The maximum atomic E-state index is 12.1. The van der Waals surface area contributed by atoms with Gasteiger partial charge in [0.25, 0.3) is 0 Å². The number of ether oxygens (including phenoxy) is 1. The summed E-state index contributed by atoms with van der Waals surface area (Å²) in [5.74, 6) is 0.0620. The molecule has 0 radical (unpaired) electrons. The first-order valence-corrected chi connectivity index (χ1v) is 8.10. The summed E-state index contributed by atoms with van der Waals surface area (Å²) in [4.78, 5) is 16.8. The van der Waals surface area contributed by atoms with Crippen molar-refractivity contribution in [3.8, 4) is 0 Å². The Kier molecular flexibility index (Phi) is 7.03. The van der Waals surface area contributed by atoms with Crippen LogP contribution in [0, 0.1) is 0 Å². The Morgan fingerprint density at radius 2 is 1.86 bits per heavy atom. The Labute approximate surface area is 133 Å². The smallest absolute Gasteiger partial charge is 0.248 e. The highest BCUT2D eigenvalue weighted by atomic mass is 32.1. The van der Waals surface area contributed by atoms with Crippen LogP contribution in [0.1, 0.15) is 40.5 Å². The third-order valence-electron chi connectivity index (χ3n) is 3.63. The molecule has 0 bridgehead atoms. The molecule has 1 amide bonds. The minimum Gasteiger partial charge on any atom is -0.392 e. The topological polar surface area (TPSA) is 58.8 Å². The number of carbonyl (C=O) groups is 1. The molecule has 0 aromatic rings. The van der Waals surface area contributed by atoms with Crippen molar-refractivity contribution in [1.82, 2.24) is 9.80 Å². The summed E-state index contributed by atoms with van der Waals surface area (Å²) in [5, 5.41) is 0. The fraction of sp³-hybridized carbons (Fsp3) is 0.867. The quantitative estimate of drug-likeness (QED) is 0.751. The molecule has 5 nitrogen and oxygen atoms in total. The third kappa shape index (κ3) is 6.28. The van der Waals surface area contributed by atoms with E-state index in [1.807, 2.05) is 25.7 Å². The van der Waals surface area contributed by atoms with Gasteiger partial charge in [0.1, 0.15) is 6.61 Å². The van der Waals surface area contributed by atoms with E-state index in [0.29, 0.717) is 4.99 Å². The van der Waals surface area contributed by atoms with Gasteiger partial charge in [-0.25, -0.2) is 0 Å². The summed E-state index contributed by atoms with van der Waals surface area (Å²) in [7, 11) is 0. The first-order valence-electron chi connectivity index (χ1n) is 7.69. The highest BCUT2D eigenvalue weighted by Gasteiger charge is 2.27. The fourth-order valence-electron chi connectivity index (χ4n) is 2.43. The molecule has 21 heavy (non-hydrogen) atoms. The van der Waals surface area contributed by atoms with Gasteiger partial charge in [-0.05, 0) is 27.2 Å². The average molecular weight is 315 g/mol. The van der Waals surface area contributed by atoms with Crippen LogP contribution in [0.4, 0.5) is 0 Å². The lowest BCUT2D eigenvalue weighted by molar-refractivity contribution is -0.142. The molecule has 1 fully saturated rings. The second-order valence-corrected chi connectivity index (χ2v) is 7.00. The first-order chi connectivity index (χ1) is 9.74. The first kappa shape index (κ1) is 18.3. The third-order valence-corrected chi connectivity index (χ3v) is 3.90. The molecular formula is C15H29N3O2S. The van der Waals surface area contributed by atoms with Crippen molar-refractivity contribution in [2.24, 2.45) is 5.73 Å². The molecule has 1 rings (SSSR count). The summed E-state index contributed by atoms with van der Waals surface area (Å²) in [6, 6.07) is 0.160. The van der Waals surface area contributed by atoms with E-state index < -0.39 is 0 Å². The van der Waals surface area contributed by atoms with Gasteiger partial charge in [-0.3, -0.25) is 9.69 Å². The summed E-state index contributed by atoms with van der Waals surface area (Å²) < 4.78 is 5.55. The van der Waals surface area contributed by atoms with Crippen molar-refractivity contribution in [2.45, 2.75) is 52.2 Å². The molecule has 1 heterocycles. The number of rotatable bonds is 6. The number of hydrogen-bond acceptors (Lipinski definition) is 4. The van der Waals surface area contributed by atoms with Gasteiger partial charge in [-0.15, -0.1) is 0 Å². The Balaban J connectivity index is 2.44. The van der Waals surface area contributed by atoms with Crippen LogP contribution < -0.4 is 5.73 Å². The minimum atomic E-state index is -0.282. The lowest BCUT2D eigenvalue weighted by atomic mass is 10.1. The van der Waals surface area contributed by atoms with Gasteiger partial charge in [0, 0.05) is 26.2 Å². The largest absolute Gasteiger partial charge is 0.392 e. The van der Waals surface area contributed by atoms with Crippen LogP contribution in [0.2, 0.25) is 0 Å². The lowest BCUT2D eigenvalue weighted by Gasteiger charge is -2.39. The summed E-state index contributed by atoms with van der Waals surface area (Å²) in [6.07, 6.45) is 2.04. The zero-order valence-electron chi connectivity index (χ0n) is 13.7. The van der Waals surface area contributed by atoms with E-state index in [-0.39, 0.29) is 24.2 Å². The zero-order valence-corrected chi connectivity index (χ0v) is 14.5. The van der Waals surface area contributed by atoms with Crippen LogP contribution in [-0.2, 0) is 9.53 Å². The summed E-state index contributed by atoms with van der Waals surface area (Å²) in [6.45, 7) is 11.2. The molecule has 1 aliphatic rings. The van der Waals surface area contributed by atoms with Gasteiger partial charge in [0.2, 0.25) is 5.91 Å². The van der Waals surface area contributed by atoms with Crippen molar-refractivity contribution in [2.75, 3.05) is 32.8 Å². The molecule has 0 saturated carbocycles. The zero-order chi connectivity index (χ0) is 16.0. The van der Waals surface area contributed by atoms with Crippen LogP contribution in [0.25, 0.3) is 0 Å². The second-order valence-electron chi connectivity index (χ2n) is 6.52. The molecule has 1 aliphatic heterocycles. The van der Waals surface area contributed by atoms with Gasteiger partial charge >= 0.3 is 0 Å². The van der Waals surface area contributed by atoms with Gasteiger partial charge in [0.05, 0.1) is 16.6 Å². The number of carbonyl (C=O) groups excluding carboxylic acids is 1. The van der Waals surface area contributed by atoms with Crippen LogP contribution >= 0.6 is 12.2 Å². The fourth-order valence-corrected chi connectivity index (χ4v) is 2.70. The molecule has 0 spiro atoms. The number of nitrogens with zero attached hydrogens (tertiary/aromatic N) is 2. The number of amides is 1. The van der Waals surface area contributed by atoms with Crippen molar-refractivity contribution in [1.29, 1.82) is 0 Å². The Morgan fingerprint density at radius 3 is 2.29 bits per heavy atom. The normalized spacial score (nSPS) is 18.6. The molecule has 0 aromatic heterocycles. The van der Waals surface area contributed by atoms with E-state index >= 15 is 0 Å². The van der Waals surface area contributed by atoms with Crippen LogP contribution in [0.3, 0.4) is 0 Å². The second kappa shape index (κ2) is 8.06. The van der Waals surface area contributed by atoms with Crippen molar-refractivity contribution in [3.05, 3.63) is 0 Å². The predicted molar refractivity (Wildman–Crippen MR) is 89.3 cm³/mol. The standard InChI is InChI=1S/C15H29N3O2S/c1-5-6-12(14(16)21)17-7-9-18(10-8-17)13(19)11-20-15(2,3)4/h12H,5-11H2,1-4H3,(H2,16,21). The van der Waals surface area contributed by atoms with E-state index in [4.69, 9.17) is 22.7 Å². The Hall–Kier alpha value is -0.720. The lowest BCUT2D eigenvalue weighted by Crippen LogP contribution is -2.55. The minimum absolute atomic E-state index is 0.0620. The van der Waals surface area contributed by atoms with Crippen molar-refractivity contribution < 1.29 is 9.53 Å². The van der Waals surface area contributed by atoms with Crippen LogP contribution in [0.15, 0.2) is 0 Å².